The molecule has 0 unspecified atom stereocenters. The largest absolute Gasteiger partial charge is 0.464 e. The number of fused-ring (bicyclic) bond motifs is 1. The molecule has 0 spiro atoms. The Labute approximate surface area is 164 Å². The number of esters is 1. The molecular formula is C20H25NO6S. The maximum atomic E-state index is 12.4. The van der Waals surface area contributed by atoms with Gasteiger partial charge in [0, 0.05) is 23.5 Å². The van der Waals surface area contributed by atoms with Gasteiger partial charge in [-0.25, -0.2) is 8.42 Å². The van der Waals surface area contributed by atoms with E-state index in [2.05, 4.69) is 0 Å². The quantitative estimate of drug-likeness (QED) is 0.681. The van der Waals surface area contributed by atoms with Gasteiger partial charge in [0.2, 0.25) is 0 Å². The molecule has 0 radical (unpaired) electrons. The van der Waals surface area contributed by atoms with Crippen molar-refractivity contribution in [2.24, 2.45) is 0 Å². The van der Waals surface area contributed by atoms with Crippen molar-refractivity contribution >= 4 is 32.7 Å². The number of likely N-dealkylation sites (N-methyl/N-ethyl adjacent to an activating group) is 1. The first-order valence-corrected chi connectivity index (χ1v) is 11.2. The van der Waals surface area contributed by atoms with Crippen molar-refractivity contribution in [1.82, 2.24) is 4.90 Å². The molecule has 1 aliphatic rings. The number of sulfone groups is 1. The lowest BCUT2D eigenvalue weighted by molar-refractivity contribution is -0.152. The van der Waals surface area contributed by atoms with Crippen molar-refractivity contribution < 1.29 is 27.2 Å². The van der Waals surface area contributed by atoms with Crippen LogP contribution in [0.5, 0.6) is 0 Å². The lowest BCUT2D eigenvalue weighted by atomic mass is 10.0. The maximum Gasteiger partial charge on any atom is 0.310 e. The van der Waals surface area contributed by atoms with Crippen molar-refractivity contribution in [2.45, 2.75) is 39.7 Å². The van der Waals surface area contributed by atoms with E-state index in [1.807, 2.05) is 26.0 Å². The summed E-state index contributed by atoms with van der Waals surface area (Å²) in [5.41, 5.74) is 3.59. The third-order valence-corrected chi connectivity index (χ3v) is 7.09. The third kappa shape index (κ3) is 4.22. The van der Waals surface area contributed by atoms with Crippen LogP contribution in [-0.4, -0.2) is 55.9 Å². The van der Waals surface area contributed by atoms with Gasteiger partial charge in [-0.05, 0) is 38.3 Å². The van der Waals surface area contributed by atoms with Gasteiger partial charge >= 0.3 is 5.97 Å². The predicted molar refractivity (Wildman–Crippen MR) is 105 cm³/mol. The Morgan fingerprint density at radius 1 is 1.29 bits per heavy atom. The summed E-state index contributed by atoms with van der Waals surface area (Å²) in [4.78, 5) is 26.1. The van der Waals surface area contributed by atoms with E-state index in [9.17, 15) is 18.0 Å². The van der Waals surface area contributed by atoms with Crippen LogP contribution in [0.3, 0.4) is 0 Å². The fourth-order valence-corrected chi connectivity index (χ4v) is 5.35. The van der Waals surface area contributed by atoms with Crippen molar-refractivity contribution in [2.75, 3.05) is 24.7 Å². The molecule has 0 aliphatic carbocycles. The zero-order valence-electron chi connectivity index (χ0n) is 16.4. The summed E-state index contributed by atoms with van der Waals surface area (Å²) in [6.07, 6.45) is 1.98. The second-order valence-corrected chi connectivity index (χ2v) is 9.45. The Morgan fingerprint density at radius 2 is 2.04 bits per heavy atom. The summed E-state index contributed by atoms with van der Waals surface area (Å²) in [6, 6.07) is 3.54. The fourth-order valence-electron chi connectivity index (χ4n) is 3.62. The molecule has 7 nitrogen and oxygen atoms in total. The van der Waals surface area contributed by atoms with Gasteiger partial charge in [-0.1, -0.05) is 12.1 Å². The highest BCUT2D eigenvalue weighted by Gasteiger charge is 2.34. The number of benzene rings is 1. The van der Waals surface area contributed by atoms with Gasteiger partial charge < -0.3 is 14.1 Å². The van der Waals surface area contributed by atoms with E-state index in [4.69, 9.17) is 9.15 Å². The Morgan fingerprint density at radius 3 is 2.68 bits per heavy atom. The van der Waals surface area contributed by atoms with Crippen LogP contribution in [0.4, 0.5) is 0 Å². The monoisotopic (exact) mass is 407 g/mol. The molecule has 152 valence electrons. The zero-order chi connectivity index (χ0) is 20.5. The number of aryl methyl sites for hydroxylation is 2. The fraction of sp³-hybridized carbons (Fsp3) is 0.500. The van der Waals surface area contributed by atoms with Crippen molar-refractivity contribution in [3.05, 3.63) is 35.1 Å². The van der Waals surface area contributed by atoms with Crippen molar-refractivity contribution in [3.8, 4) is 0 Å². The Hall–Kier alpha value is -2.35. The SMILES string of the molecule is CCN(C(=O)COC(=O)Cc1coc2c(C)c(C)ccc12)[C@@H]1CCS(=O)(=O)C1. The number of ether oxygens (including phenoxy) is 1. The normalized spacial score (nSPS) is 18.3. The smallest absolute Gasteiger partial charge is 0.310 e. The van der Waals surface area contributed by atoms with Crippen molar-refractivity contribution in [1.29, 1.82) is 0 Å². The van der Waals surface area contributed by atoms with Crippen LogP contribution >= 0.6 is 0 Å². The molecule has 2 heterocycles. The molecule has 1 saturated heterocycles. The second kappa shape index (κ2) is 7.95. The highest BCUT2D eigenvalue weighted by Crippen LogP contribution is 2.27. The molecule has 0 bridgehead atoms. The van der Waals surface area contributed by atoms with Crippen LogP contribution in [0.25, 0.3) is 11.0 Å². The van der Waals surface area contributed by atoms with E-state index in [-0.39, 0.29) is 29.9 Å². The number of carbonyl (C=O) groups is 2. The molecule has 28 heavy (non-hydrogen) atoms. The molecule has 3 rings (SSSR count). The maximum absolute atomic E-state index is 12.4. The highest BCUT2D eigenvalue weighted by molar-refractivity contribution is 7.91. The number of furan rings is 1. The van der Waals surface area contributed by atoms with Gasteiger partial charge in [0.05, 0.1) is 24.2 Å². The second-order valence-electron chi connectivity index (χ2n) is 7.22. The van der Waals surface area contributed by atoms with E-state index in [0.717, 1.165) is 22.1 Å². The van der Waals surface area contributed by atoms with Crippen LogP contribution < -0.4 is 0 Å². The number of carbonyl (C=O) groups excluding carboxylic acids is 2. The lowest BCUT2D eigenvalue weighted by Crippen LogP contribution is -2.43. The van der Waals surface area contributed by atoms with Gasteiger partial charge in [0.1, 0.15) is 5.58 Å². The van der Waals surface area contributed by atoms with Gasteiger partial charge in [0.25, 0.3) is 5.91 Å². The number of amides is 1. The minimum Gasteiger partial charge on any atom is -0.464 e. The molecule has 1 aromatic heterocycles. The highest BCUT2D eigenvalue weighted by atomic mass is 32.2. The molecule has 1 amide bonds. The molecule has 8 heteroatoms. The average molecular weight is 407 g/mol. The number of rotatable bonds is 6. The summed E-state index contributed by atoms with van der Waals surface area (Å²) in [6.45, 7) is 5.72. The first-order chi connectivity index (χ1) is 13.2. The lowest BCUT2D eigenvalue weighted by Gasteiger charge is -2.26. The van der Waals surface area contributed by atoms with E-state index in [0.29, 0.717) is 18.5 Å². The van der Waals surface area contributed by atoms with Crippen LogP contribution in [0, 0.1) is 13.8 Å². The summed E-state index contributed by atoms with van der Waals surface area (Å²) < 4.78 is 34.0. The van der Waals surface area contributed by atoms with Gasteiger partial charge in [-0.15, -0.1) is 0 Å². The summed E-state index contributed by atoms with van der Waals surface area (Å²) in [7, 11) is -3.09. The molecule has 1 atom stereocenters. The van der Waals surface area contributed by atoms with E-state index in [1.165, 1.54) is 4.90 Å². The zero-order valence-corrected chi connectivity index (χ0v) is 17.2. The first-order valence-electron chi connectivity index (χ1n) is 9.33. The Balaban J connectivity index is 1.59. The number of hydrogen-bond donors (Lipinski definition) is 0. The molecular weight excluding hydrogens is 382 g/mol. The number of nitrogens with zero attached hydrogens (tertiary/aromatic N) is 1. The minimum atomic E-state index is -3.09. The Kier molecular flexibility index (Phi) is 5.79. The standard InChI is InChI=1S/C20H25NO6S/c1-4-21(16-7-8-28(24,25)12-16)18(22)11-26-19(23)9-15-10-27-20-14(3)13(2)5-6-17(15)20/h5-6,10,16H,4,7-9,11-12H2,1-3H3/t16-/m1/s1. The van der Waals surface area contributed by atoms with Crippen LogP contribution in [0.1, 0.15) is 30.0 Å². The minimum absolute atomic E-state index is 0.00666. The average Bonchev–Trinajstić information content (AvgIpc) is 3.20. The topological polar surface area (TPSA) is 93.9 Å². The predicted octanol–water partition coefficient (Wildman–Crippen LogP) is 2.17. The van der Waals surface area contributed by atoms with Crippen LogP contribution in [0.2, 0.25) is 0 Å². The summed E-state index contributed by atoms with van der Waals surface area (Å²) in [5, 5.41) is 0.859. The summed E-state index contributed by atoms with van der Waals surface area (Å²) in [5.74, 6) is -0.834. The van der Waals surface area contributed by atoms with Gasteiger partial charge in [-0.2, -0.15) is 0 Å². The molecule has 0 N–H and O–H groups in total. The molecule has 2 aromatic rings. The third-order valence-electron chi connectivity index (χ3n) is 5.34. The van der Waals surface area contributed by atoms with E-state index >= 15 is 0 Å². The summed E-state index contributed by atoms with van der Waals surface area (Å²) >= 11 is 0. The first kappa shape index (κ1) is 20.4. The van der Waals surface area contributed by atoms with E-state index < -0.39 is 22.4 Å². The van der Waals surface area contributed by atoms with Crippen molar-refractivity contribution in [3.63, 3.8) is 0 Å². The van der Waals surface area contributed by atoms with Crippen LogP contribution in [0.15, 0.2) is 22.8 Å². The molecule has 1 aromatic carbocycles. The molecule has 1 fully saturated rings. The molecule has 0 saturated carbocycles. The van der Waals surface area contributed by atoms with Gasteiger partial charge in [-0.3, -0.25) is 9.59 Å². The molecule has 1 aliphatic heterocycles. The Bertz CT molecular complexity index is 1010. The van der Waals surface area contributed by atoms with Crippen LogP contribution in [-0.2, 0) is 30.6 Å². The van der Waals surface area contributed by atoms with Gasteiger partial charge in [0.15, 0.2) is 16.4 Å². The van der Waals surface area contributed by atoms with E-state index in [1.54, 1.807) is 13.2 Å². The number of hydrogen-bond acceptors (Lipinski definition) is 6.